The fourth-order valence-corrected chi connectivity index (χ4v) is 5.05. The maximum Gasteiger partial charge on any atom is 0.255 e. The van der Waals surface area contributed by atoms with Gasteiger partial charge in [0.25, 0.3) is 5.91 Å². The first-order valence-electron chi connectivity index (χ1n) is 10.3. The average Bonchev–Trinajstić information content (AvgIpc) is 3.20. The number of anilines is 1. The lowest BCUT2D eigenvalue weighted by Gasteiger charge is -2.24. The van der Waals surface area contributed by atoms with E-state index in [-0.39, 0.29) is 17.2 Å². The van der Waals surface area contributed by atoms with Gasteiger partial charge in [-0.3, -0.25) is 9.59 Å². The van der Waals surface area contributed by atoms with E-state index in [0.29, 0.717) is 40.1 Å². The molecule has 0 unspecified atom stereocenters. The lowest BCUT2D eigenvalue weighted by Crippen LogP contribution is -2.27. The summed E-state index contributed by atoms with van der Waals surface area (Å²) < 4.78 is 10.6. The molecule has 1 aliphatic rings. The molecule has 3 aromatic rings. The minimum absolute atomic E-state index is 0.0876. The zero-order chi connectivity index (χ0) is 23.4. The molecule has 6 nitrogen and oxygen atoms in total. The SMILES string of the molecule is COc1cc(NC(=O)c2ccc([C@@H]3SCC(=O)N3Cc3ccccc3)cc2)c(OC)cc1Cl. The van der Waals surface area contributed by atoms with Gasteiger partial charge < -0.3 is 19.7 Å². The standard InChI is InChI=1S/C25H23ClN2O4S/c1-31-21-13-20(22(32-2)12-19(21)26)27-24(30)17-8-10-18(11-9-17)25-28(23(29)15-33-25)14-16-6-4-3-5-7-16/h3-13,25H,14-15H2,1-2H3,(H,27,30)/t25-/m0/s1. The molecule has 33 heavy (non-hydrogen) atoms. The van der Waals surface area contributed by atoms with E-state index in [0.717, 1.165) is 11.1 Å². The van der Waals surface area contributed by atoms with Gasteiger partial charge in [0, 0.05) is 24.2 Å². The lowest BCUT2D eigenvalue weighted by molar-refractivity contribution is -0.128. The number of hydrogen-bond donors (Lipinski definition) is 1. The van der Waals surface area contributed by atoms with Gasteiger partial charge in [0.1, 0.15) is 16.9 Å². The highest BCUT2D eigenvalue weighted by Gasteiger charge is 2.32. The number of methoxy groups -OCH3 is 2. The molecule has 170 valence electrons. The Morgan fingerprint density at radius 3 is 2.42 bits per heavy atom. The second-order valence-electron chi connectivity index (χ2n) is 7.43. The maximum atomic E-state index is 12.8. The number of benzene rings is 3. The van der Waals surface area contributed by atoms with Crippen LogP contribution >= 0.6 is 23.4 Å². The van der Waals surface area contributed by atoms with Gasteiger partial charge in [0.05, 0.1) is 30.7 Å². The van der Waals surface area contributed by atoms with Crippen LogP contribution in [0.4, 0.5) is 5.69 Å². The van der Waals surface area contributed by atoms with Gasteiger partial charge >= 0.3 is 0 Å². The van der Waals surface area contributed by atoms with E-state index in [1.807, 2.05) is 47.4 Å². The van der Waals surface area contributed by atoms with Gasteiger partial charge in [-0.1, -0.05) is 54.1 Å². The van der Waals surface area contributed by atoms with E-state index >= 15 is 0 Å². The fraction of sp³-hybridized carbons (Fsp3) is 0.200. The summed E-state index contributed by atoms with van der Waals surface area (Å²) >= 11 is 7.73. The molecule has 1 heterocycles. The Kier molecular flexibility index (Phi) is 7.11. The van der Waals surface area contributed by atoms with Crippen LogP contribution < -0.4 is 14.8 Å². The zero-order valence-corrected chi connectivity index (χ0v) is 19.8. The van der Waals surface area contributed by atoms with Crippen molar-refractivity contribution >= 4 is 40.9 Å². The number of thioether (sulfide) groups is 1. The van der Waals surface area contributed by atoms with E-state index in [9.17, 15) is 9.59 Å². The molecule has 4 rings (SSSR count). The van der Waals surface area contributed by atoms with E-state index < -0.39 is 0 Å². The Morgan fingerprint density at radius 2 is 1.76 bits per heavy atom. The van der Waals surface area contributed by atoms with Crippen LogP contribution in [0, 0.1) is 0 Å². The number of nitrogens with zero attached hydrogens (tertiary/aromatic N) is 1. The second-order valence-corrected chi connectivity index (χ2v) is 8.91. The predicted octanol–water partition coefficient (Wildman–Crippen LogP) is 5.38. The molecular weight excluding hydrogens is 460 g/mol. The first-order chi connectivity index (χ1) is 16.0. The van der Waals surface area contributed by atoms with Crippen molar-refractivity contribution in [2.24, 2.45) is 0 Å². The third-order valence-electron chi connectivity index (χ3n) is 5.34. The molecule has 0 spiro atoms. The Labute approximate surface area is 201 Å². The molecule has 3 aromatic carbocycles. The van der Waals surface area contributed by atoms with Gasteiger partial charge in [-0.15, -0.1) is 11.8 Å². The van der Waals surface area contributed by atoms with Crippen molar-refractivity contribution in [2.45, 2.75) is 11.9 Å². The molecule has 0 bridgehead atoms. The molecule has 0 radical (unpaired) electrons. The number of ether oxygens (including phenoxy) is 2. The van der Waals surface area contributed by atoms with Crippen LogP contribution in [0.5, 0.6) is 11.5 Å². The Balaban J connectivity index is 1.50. The Hall–Kier alpha value is -3.16. The first-order valence-corrected chi connectivity index (χ1v) is 11.7. The van der Waals surface area contributed by atoms with Gasteiger partial charge in [-0.05, 0) is 23.3 Å². The minimum Gasteiger partial charge on any atom is -0.495 e. The molecule has 2 amide bonds. The fourth-order valence-electron chi connectivity index (χ4n) is 3.63. The summed E-state index contributed by atoms with van der Waals surface area (Å²) in [5.41, 5.74) is 3.00. The van der Waals surface area contributed by atoms with Crippen molar-refractivity contribution in [2.75, 3.05) is 25.3 Å². The van der Waals surface area contributed by atoms with E-state index in [1.54, 1.807) is 36.0 Å². The van der Waals surface area contributed by atoms with Crippen LogP contribution in [0.1, 0.15) is 26.9 Å². The summed E-state index contributed by atoms with van der Waals surface area (Å²) in [6.45, 7) is 0.553. The second kappa shape index (κ2) is 10.2. The first kappa shape index (κ1) is 23.0. The monoisotopic (exact) mass is 482 g/mol. The summed E-state index contributed by atoms with van der Waals surface area (Å²) in [5, 5.41) is 3.15. The predicted molar refractivity (Wildman–Crippen MR) is 131 cm³/mol. The van der Waals surface area contributed by atoms with Crippen molar-refractivity contribution in [3.05, 3.63) is 88.4 Å². The summed E-state index contributed by atoms with van der Waals surface area (Å²) in [7, 11) is 3.01. The number of carbonyl (C=O) groups excluding carboxylic acids is 2. The van der Waals surface area contributed by atoms with Gasteiger partial charge in [-0.25, -0.2) is 0 Å². The quantitative estimate of drug-likeness (QED) is 0.489. The average molecular weight is 483 g/mol. The Bertz CT molecular complexity index is 1160. The minimum atomic E-state index is -0.291. The molecule has 1 atom stereocenters. The molecule has 1 fully saturated rings. The highest BCUT2D eigenvalue weighted by Crippen LogP contribution is 2.40. The van der Waals surface area contributed by atoms with Crippen LogP contribution in [-0.2, 0) is 11.3 Å². The van der Waals surface area contributed by atoms with Crippen molar-refractivity contribution in [3.8, 4) is 11.5 Å². The van der Waals surface area contributed by atoms with Crippen LogP contribution in [0.25, 0.3) is 0 Å². The van der Waals surface area contributed by atoms with Crippen molar-refractivity contribution in [1.82, 2.24) is 4.90 Å². The molecule has 1 N–H and O–H groups in total. The third-order valence-corrected chi connectivity index (χ3v) is 6.90. The van der Waals surface area contributed by atoms with Crippen LogP contribution in [-0.4, -0.2) is 36.7 Å². The number of hydrogen-bond acceptors (Lipinski definition) is 5. The van der Waals surface area contributed by atoms with Gasteiger partial charge in [-0.2, -0.15) is 0 Å². The largest absolute Gasteiger partial charge is 0.495 e. The van der Waals surface area contributed by atoms with Crippen LogP contribution in [0.15, 0.2) is 66.7 Å². The number of nitrogens with one attached hydrogen (secondary N) is 1. The van der Waals surface area contributed by atoms with Crippen LogP contribution in [0.2, 0.25) is 5.02 Å². The molecule has 0 aromatic heterocycles. The number of carbonyl (C=O) groups is 2. The highest BCUT2D eigenvalue weighted by atomic mass is 35.5. The van der Waals surface area contributed by atoms with Gasteiger partial charge in [0.15, 0.2) is 0 Å². The summed E-state index contributed by atoms with van der Waals surface area (Å²) in [5.74, 6) is 1.13. The summed E-state index contributed by atoms with van der Waals surface area (Å²) in [6, 6.07) is 20.4. The van der Waals surface area contributed by atoms with Crippen molar-refractivity contribution < 1.29 is 19.1 Å². The number of rotatable bonds is 7. The molecule has 0 aliphatic carbocycles. The van der Waals surface area contributed by atoms with Gasteiger partial charge in [0.2, 0.25) is 5.91 Å². The smallest absolute Gasteiger partial charge is 0.255 e. The molecule has 1 aliphatic heterocycles. The van der Waals surface area contributed by atoms with Crippen LogP contribution in [0.3, 0.4) is 0 Å². The molecule has 8 heteroatoms. The summed E-state index contributed by atoms with van der Waals surface area (Å²) in [6.07, 6.45) is 0. The van der Waals surface area contributed by atoms with Crippen molar-refractivity contribution in [1.29, 1.82) is 0 Å². The van der Waals surface area contributed by atoms with E-state index in [4.69, 9.17) is 21.1 Å². The zero-order valence-electron chi connectivity index (χ0n) is 18.2. The van der Waals surface area contributed by atoms with E-state index in [2.05, 4.69) is 5.32 Å². The van der Waals surface area contributed by atoms with E-state index in [1.165, 1.54) is 14.2 Å². The number of amides is 2. The molecule has 0 saturated carbocycles. The topological polar surface area (TPSA) is 67.9 Å². The summed E-state index contributed by atoms with van der Waals surface area (Å²) in [4.78, 5) is 27.2. The molecular formula is C25H23ClN2O4S. The normalized spacial score (nSPS) is 15.4. The third kappa shape index (κ3) is 5.10. The lowest BCUT2D eigenvalue weighted by atomic mass is 10.1. The van der Waals surface area contributed by atoms with Crippen molar-refractivity contribution in [3.63, 3.8) is 0 Å². The maximum absolute atomic E-state index is 12.8. The number of halogens is 1. The molecule has 1 saturated heterocycles. The Morgan fingerprint density at radius 1 is 1.06 bits per heavy atom. The highest BCUT2D eigenvalue weighted by molar-refractivity contribution is 8.00.